The van der Waals surface area contributed by atoms with Crippen LogP contribution in [0.1, 0.15) is 43.9 Å². The maximum Gasteiger partial charge on any atom is 0.227 e. The van der Waals surface area contributed by atoms with Crippen molar-refractivity contribution in [2.24, 2.45) is 0 Å². The van der Waals surface area contributed by atoms with Crippen LogP contribution in [0, 0.1) is 0 Å². The largest absolute Gasteiger partial charge is 0.494 e. The molecule has 1 aliphatic heterocycles. The van der Waals surface area contributed by atoms with E-state index in [4.69, 9.17) is 4.74 Å². The number of rotatable bonds is 7. The zero-order chi connectivity index (χ0) is 19.2. The normalized spacial score (nSPS) is 14.9. The quantitative estimate of drug-likeness (QED) is 0.814. The highest BCUT2D eigenvalue weighted by atomic mass is 16.5. The third-order valence-electron chi connectivity index (χ3n) is 4.75. The summed E-state index contributed by atoms with van der Waals surface area (Å²) >= 11 is 0. The molecule has 0 radical (unpaired) electrons. The zero-order valence-electron chi connectivity index (χ0n) is 15.9. The molecule has 2 aromatic carbocycles. The van der Waals surface area contributed by atoms with Crippen molar-refractivity contribution in [3.63, 3.8) is 0 Å². The fourth-order valence-electron chi connectivity index (χ4n) is 3.30. The van der Waals surface area contributed by atoms with E-state index in [1.807, 2.05) is 62.4 Å². The average Bonchev–Trinajstić information content (AvgIpc) is 3.09. The predicted molar refractivity (Wildman–Crippen MR) is 106 cm³/mol. The number of benzene rings is 2. The molecule has 2 aromatic rings. The fourth-order valence-corrected chi connectivity index (χ4v) is 3.30. The third kappa shape index (κ3) is 4.88. The van der Waals surface area contributed by atoms with E-state index in [0.717, 1.165) is 35.5 Å². The number of nitrogens with one attached hydrogen (secondary N) is 1. The van der Waals surface area contributed by atoms with Crippen LogP contribution in [0.5, 0.6) is 5.75 Å². The number of carbonyl (C=O) groups excluding carboxylic acids is 2. The van der Waals surface area contributed by atoms with Gasteiger partial charge in [-0.15, -0.1) is 0 Å². The summed E-state index contributed by atoms with van der Waals surface area (Å²) in [5.74, 6) is 0.974. The Kier molecular flexibility index (Phi) is 6.12. The molecule has 0 aliphatic carbocycles. The van der Waals surface area contributed by atoms with Crippen LogP contribution in [-0.4, -0.2) is 25.0 Å². The van der Waals surface area contributed by atoms with Crippen LogP contribution < -0.4 is 15.0 Å². The van der Waals surface area contributed by atoms with Crippen molar-refractivity contribution in [1.29, 1.82) is 0 Å². The summed E-state index contributed by atoms with van der Waals surface area (Å²) < 4.78 is 5.44. The van der Waals surface area contributed by atoms with Crippen molar-refractivity contribution in [2.75, 3.05) is 18.1 Å². The Balaban J connectivity index is 1.54. The molecule has 142 valence electrons. The fraction of sp³-hybridized carbons (Fsp3) is 0.364. The molecule has 1 N–H and O–H groups in total. The SMILES string of the molecule is CCOc1ccc(C(C)NC(=O)Cc2ccc(N3CCCC3=O)cc2)cc1. The number of nitrogens with zero attached hydrogens (tertiary/aromatic N) is 1. The Labute approximate surface area is 160 Å². The van der Waals surface area contributed by atoms with Gasteiger partial charge in [0.2, 0.25) is 11.8 Å². The van der Waals surface area contributed by atoms with Gasteiger partial charge in [-0.25, -0.2) is 0 Å². The summed E-state index contributed by atoms with van der Waals surface area (Å²) in [7, 11) is 0. The molecule has 5 nitrogen and oxygen atoms in total. The lowest BCUT2D eigenvalue weighted by atomic mass is 10.1. The van der Waals surface area contributed by atoms with Crippen molar-refractivity contribution in [1.82, 2.24) is 5.32 Å². The van der Waals surface area contributed by atoms with Gasteiger partial charge in [0.1, 0.15) is 5.75 Å². The van der Waals surface area contributed by atoms with Crippen LogP contribution >= 0.6 is 0 Å². The Morgan fingerprint density at radius 3 is 2.44 bits per heavy atom. The molecule has 2 amide bonds. The summed E-state index contributed by atoms with van der Waals surface area (Å²) in [5.41, 5.74) is 2.88. The molecule has 5 heteroatoms. The number of anilines is 1. The Morgan fingerprint density at radius 1 is 1.15 bits per heavy atom. The second-order valence-electron chi connectivity index (χ2n) is 6.78. The van der Waals surface area contributed by atoms with Gasteiger partial charge in [0.05, 0.1) is 19.1 Å². The van der Waals surface area contributed by atoms with Crippen LogP contribution in [0.4, 0.5) is 5.69 Å². The molecule has 1 atom stereocenters. The minimum atomic E-state index is -0.0744. The van der Waals surface area contributed by atoms with E-state index in [1.54, 1.807) is 4.90 Å². The molecule has 3 rings (SSSR count). The highest BCUT2D eigenvalue weighted by Gasteiger charge is 2.21. The van der Waals surface area contributed by atoms with E-state index in [-0.39, 0.29) is 17.9 Å². The average molecular weight is 366 g/mol. The standard InChI is InChI=1S/C22H26N2O3/c1-3-27-20-12-8-18(9-13-20)16(2)23-21(25)15-17-6-10-19(11-7-17)24-14-4-5-22(24)26/h6-13,16H,3-5,14-15H2,1-2H3,(H,23,25). The van der Waals surface area contributed by atoms with Crippen LogP contribution in [0.2, 0.25) is 0 Å². The second-order valence-corrected chi connectivity index (χ2v) is 6.78. The lowest BCUT2D eigenvalue weighted by Crippen LogP contribution is -2.28. The topological polar surface area (TPSA) is 58.6 Å². The molecule has 1 fully saturated rings. The first-order chi connectivity index (χ1) is 13.1. The maximum absolute atomic E-state index is 12.4. The third-order valence-corrected chi connectivity index (χ3v) is 4.75. The Bertz CT molecular complexity index is 784. The van der Waals surface area contributed by atoms with Gasteiger partial charge in [-0.05, 0) is 55.7 Å². The monoisotopic (exact) mass is 366 g/mol. The lowest BCUT2D eigenvalue weighted by Gasteiger charge is -2.17. The molecule has 1 saturated heterocycles. The van der Waals surface area contributed by atoms with Gasteiger partial charge in [-0.3, -0.25) is 9.59 Å². The first-order valence-corrected chi connectivity index (χ1v) is 9.48. The van der Waals surface area contributed by atoms with E-state index < -0.39 is 0 Å². The first-order valence-electron chi connectivity index (χ1n) is 9.48. The summed E-state index contributed by atoms with van der Waals surface area (Å²) in [6.07, 6.45) is 1.84. The molecule has 0 bridgehead atoms. The molecule has 1 heterocycles. The lowest BCUT2D eigenvalue weighted by molar-refractivity contribution is -0.121. The zero-order valence-corrected chi connectivity index (χ0v) is 15.9. The van der Waals surface area contributed by atoms with E-state index in [9.17, 15) is 9.59 Å². The van der Waals surface area contributed by atoms with Crippen molar-refractivity contribution < 1.29 is 14.3 Å². The molecule has 0 saturated carbocycles. The van der Waals surface area contributed by atoms with Gasteiger partial charge in [-0.1, -0.05) is 24.3 Å². The highest BCUT2D eigenvalue weighted by Crippen LogP contribution is 2.22. The van der Waals surface area contributed by atoms with Crippen molar-refractivity contribution in [2.45, 2.75) is 39.2 Å². The number of hydrogen-bond donors (Lipinski definition) is 1. The number of hydrogen-bond acceptors (Lipinski definition) is 3. The smallest absolute Gasteiger partial charge is 0.227 e. The van der Waals surface area contributed by atoms with Crippen molar-refractivity contribution in [3.05, 3.63) is 59.7 Å². The molecule has 0 spiro atoms. The van der Waals surface area contributed by atoms with Crippen LogP contribution in [0.25, 0.3) is 0 Å². The van der Waals surface area contributed by atoms with Crippen LogP contribution in [-0.2, 0) is 16.0 Å². The molecular formula is C22H26N2O3. The van der Waals surface area contributed by atoms with Gasteiger partial charge >= 0.3 is 0 Å². The van der Waals surface area contributed by atoms with Crippen molar-refractivity contribution in [3.8, 4) is 5.75 Å². The highest BCUT2D eigenvalue weighted by molar-refractivity contribution is 5.95. The van der Waals surface area contributed by atoms with E-state index in [1.165, 1.54) is 0 Å². The van der Waals surface area contributed by atoms with Gasteiger partial charge in [-0.2, -0.15) is 0 Å². The number of carbonyl (C=O) groups is 2. The number of amides is 2. The summed E-state index contributed by atoms with van der Waals surface area (Å²) in [5, 5.41) is 3.03. The van der Waals surface area contributed by atoms with Gasteiger partial charge in [0.25, 0.3) is 0 Å². The predicted octanol–water partition coefficient (Wildman–Crippen LogP) is 3.63. The Morgan fingerprint density at radius 2 is 1.85 bits per heavy atom. The summed E-state index contributed by atoms with van der Waals surface area (Å²) in [6, 6.07) is 15.4. The van der Waals surface area contributed by atoms with Gasteiger partial charge < -0.3 is 15.0 Å². The maximum atomic E-state index is 12.4. The summed E-state index contributed by atoms with van der Waals surface area (Å²) in [4.78, 5) is 26.0. The molecular weight excluding hydrogens is 340 g/mol. The van der Waals surface area contributed by atoms with E-state index in [0.29, 0.717) is 19.4 Å². The van der Waals surface area contributed by atoms with Crippen LogP contribution in [0.3, 0.4) is 0 Å². The minimum absolute atomic E-state index is 0.0265. The molecule has 0 aromatic heterocycles. The number of ether oxygens (including phenoxy) is 1. The summed E-state index contributed by atoms with van der Waals surface area (Å²) in [6.45, 7) is 5.33. The van der Waals surface area contributed by atoms with Gasteiger partial charge in [0.15, 0.2) is 0 Å². The van der Waals surface area contributed by atoms with E-state index >= 15 is 0 Å². The Hall–Kier alpha value is -2.82. The van der Waals surface area contributed by atoms with Gasteiger partial charge in [0, 0.05) is 18.7 Å². The second kappa shape index (κ2) is 8.71. The molecule has 1 aliphatic rings. The van der Waals surface area contributed by atoms with Crippen molar-refractivity contribution >= 4 is 17.5 Å². The molecule has 27 heavy (non-hydrogen) atoms. The minimum Gasteiger partial charge on any atom is -0.494 e. The van der Waals surface area contributed by atoms with E-state index in [2.05, 4.69) is 5.32 Å². The van der Waals surface area contributed by atoms with Crippen LogP contribution in [0.15, 0.2) is 48.5 Å². The first kappa shape index (κ1) is 19.0. The molecule has 1 unspecified atom stereocenters.